The molecule has 1 heterocycles. The van der Waals surface area contributed by atoms with Gasteiger partial charge >= 0.3 is 0 Å². The molecule has 0 fully saturated rings. The smallest absolute Gasteiger partial charge is 0.129 e. The molecule has 1 aromatic carbocycles. The molecular weight excluding hydrogens is 309 g/mol. The molecule has 4 heteroatoms. The van der Waals surface area contributed by atoms with Gasteiger partial charge in [-0.3, -0.25) is 0 Å². The molecule has 102 valence electrons. The van der Waals surface area contributed by atoms with Gasteiger partial charge in [-0.2, -0.15) is 0 Å². The average molecular weight is 326 g/mol. The second-order valence-electron chi connectivity index (χ2n) is 4.31. The highest BCUT2D eigenvalue weighted by Gasteiger charge is 2.20. The molecule has 2 rings (SSSR count). The van der Waals surface area contributed by atoms with Crippen LogP contribution in [0.25, 0.3) is 0 Å². The first-order valence-electron chi connectivity index (χ1n) is 6.42. The minimum Gasteiger partial charge on any atom is -0.464 e. The van der Waals surface area contributed by atoms with Gasteiger partial charge in [0, 0.05) is 16.5 Å². The molecule has 0 spiro atoms. The van der Waals surface area contributed by atoms with Crippen LogP contribution in [0.3, 0.4) is 0 Å². The van der Waals surface area contributed by atoms with Crippen LogP contribution in [-0.4, -0.2) is 6.54 Å². The van der Waals surface area contributed by atoms with Crippen molar-refractivity contribution in [3.63, 3.8) is 0 Å². The Kier molecular flexibility index (Phi) is 4.77. The van der Waals surface area contributed by atoms with Gasteiger partial charge in [0.25, 0.3) is 0 Å². The molecule has 0 amide bonds. The van der Waals surface area contributed by atoms with E-state index in [1.54, 1.807) is 6.07 Å². The number of halogens is 2. The first-order chi connectivity index (χ1) is 9.15. The number of aryl methyl sites for hydroxylation is 1. The van der Waals surface area contributed by atoms with Crippen molar-refractivity contribution in [2.24, 2.45) is 0 Å². The Morgan fingerprint density at radius 2 is 2.05 bits per heavy atom. The third kappa shape index (κ3) is 3.25. The van der Waals surface area contributed by atoms with Crippen molar-refractivity contribution in [1.82, 2.24) is 5.32 Å². The Labute approximate surface area is 121 Å². The maximum atomic E-state index is 14.1. The van der Waals surface area contributed by atoms with Crippen molar-refractivity contribution in [1.29, 1.82) is 0 Å². The van der Waals surface area contributed by atoms with E-state index in [1.165, 1.54) is 6.07 Å². The predicted molar refractivity (Wildman–Crippen MR) is 77.7 cm³/mol. The van der Waals surface area contributed by atoms with E-state index in [-0.39, 0.29) is 11.9 Å². The van der Waals surface area contributed by atoms with Crippen LogP contribution in [0.2, 0.25) is 0 Å². The Morgan fingerprint density at radius 3 is 2.63 bits per heavy atom. The van der Waals surface area contributed by atoms with Crippen LogP contribution < -0.4 is 5.32 Å². The van der Waals surface area contributed by atoms with E-state index in [9.17, 15) is 4.39 Å². The highest BCUT2D eigenvalue weighted by molar-refractivity contribution is 9.10. The fraction of sp³-hybridized carbons (Fsp3) is 0.333. The van der Waals surface area contributed by atoms with E-state index in [0.29, 0.717) is 5.56 Å². The standard InChI is InChI=1S/C15H17BrFNO/c1-3-11-6-8-14(19-11)15(18-4-2)12-7-5-10(16)9-13(12)17/h5-9,15,18H,3-4H2,1-2H3. The highest BCUT2D eigenvalue weighted by atomic mass is 79.9. The van der Waals surface area contributed by atoms with Crippen molar-refractivity contribution in [2.75, 3.05) is 6.54 Å². The molecule has 0 saturated heterocycles. The van der Waals surface area contributed by atoms with Gasteiger partial charge in [-0.15, -0.1) is 0 Å². The molecule has 2 aromatic rings. The third-order valence-corrected chi connectivity index (χ3v) is 3.49. The summed E-state index contributed by atoms with van der Waals surface area (Å²) >= 11 is 3.27. The molecule has 0 aliphatic heterocycles. The summed E-state index contributed by atoms with van der Waals surface area (Å²) in [5.41, 5.74) is 0.599. The van der Waals surface area contributed by atoms with E-state index in [0.717, 1.165) is 29.0 Å². The van der Waals surface area contributed by atoms with Crippen LogP contribution in [-0.2, 0) is 6.42 Å². The Bertz CT molecular complexity index is 553. The van der Waals surface area contributed by atoms with Crippen LogP contribution in [0.5, 0.6) is 0 Å². The number of furan rings is 1. The number of hydrogen-bond donors (Lipinski definition) is 1. The van der Waals surface area contributed by atoms with Gasteiger partial charge in [-0.25, -0.2) is 4.39 Å². The zero-order valence-corrected chi connectivity index (χ0v) is 12.6. The topological polar surface area (TPSA) is 25.2 Å². The molecule has 0 aliphatic carbocycles. The molecule has 0 saturated carbocycles. The minimum atomic E-state index is -0.251. The lowest BCUT2D eigenvalue weighted by molar-refractivity contribution is 0.418. The van der Waals surface area contributed by atoms with Crippen LogP contribution in [0.4, 0.5) is 4.39 Å². The van der Waals surface area contributed by atoms with Gasteiger partial charge in [0.05, 0.1) is 6.04 Å². The summed E-state index contributed by atoms with van der Waals surface area (Å²) in [7, 11) is 0. The molecule has 1 aromatic heterocycles. The van der Waals surface area contributed by atoms with Crippen LogP contribution >= 0.6 is 15.9 Å². The summed E-state index contributed by atoms with van der Waals surface area (Å²) in [5, 5.41) is 3.26. The normalized spacial score (nSPS) is 12.6. The first-order valence-corrected chi connectivity index (χ1v) is 7.22. The fourth-order valence-corrected chi connectivity index (χ4v) is 2.38. The summed E-state index contributed by atoms with van der Waals surface area (Å²) in [5.74, 6) is 1.42. The number of nitrogens with one attached hydrogen (secondary N) is 1. The predicted octanol–water partition coefficient (Wildman–Crippen LogP) is 4.44. The number of benzene rings is 1. The van der Waals surface area contributed by atoms with E-state index in [1.807, 2.05) is 32.0 Å². The van der Waals surface area contributed by atoms with Gasteiger partial charge in [0.2, 0.25) is 0 Å². The SMILES string of the molecule is CCNC(c1ccc(CC)o1)c1ccc(Br)cc1F. The molecule has 1 unspecified atom stereocenters. The van der Waals surface area contributed by atoms with E-state index in [2.05, 4.69) is 21.2 Å². The van der Waals surface area contributed by atoms with Gasteiger partial charge in [-0.1, -0.05) is 35.8 Å². The van der Waals surface area contributed by atoms with Crippen molar-refractivity contribution < 1.29 is 8.81 Å². The molecule has 19 heavy (non-hydrogen) atoms. The monoisotopic (exact) mass is 325 g/mol. The molecule has 1 N–H and O–H groups in total. The van der Waals surface area contributed by atoms with Crippen molar-refractivity contribution in [2.45, 2.75) is 26.3 Å². The number of hydrogen-bond acceptors (Lipinski definition) is 2. The van der Waals surface area contributed by atoms with Crippen LogP contribution in [0, 0.1) is 5.82 Å². The lowest BCUT2D eigenvalue weighted by Crippen LogP contribution is -2.22. The molecule has 0 radical (unpaired) electrons. The second kappa shape index (κ2) is 6.35. The average Bonchev–Trinajstić information content (AvgIpc) is 2.85. The Morgan fingerprint density at radius 1 is 1.26 bits per heavy atom. The largest absolute Gasteiger partial charge is 0.464 e. The second-order valence-corrected chi connectivity index (χ2v) is 5.23. The van der Waals surface area contributed by atoms with Crippen LogP contribution in [0.15, 0.2) is 39.2 Å². The van der Waals surface area contributed by atoms with Crippen molar-refractivity contribution in [3.8, 4) is 0 Å². The molecular formula is C15H17BrFNO. The molecule has 1 atom stereocenters. The lowest BCUT2D eigenvalue weighted by atomic mass is 10.0. The van der Waals surface area contributed by atoms with Crippen molar-refractivity contribution in [3.05, 3.63) is 57.7 Å². The number of rotatable bonds is 5. The zero-order chi connectivity index (χ0) is 13.8. The Hall–Kier alpha value is -1.13. The fourth-order valence-electron chi connectivity index (χ4n) is 2.04. The van der Waals surface area contributed by atoms with Gasteiger partial charge in [-0.05, 0) is 30.8 Å². The summed E-state index contributed by atoms with van der Waals surface area (Å²) in [6.07, 6.45) is 0.835. The summed E-state index contributed by atoms with van der Waals surface area (Å²) in [4.78, 5) is 0. The maximum Gasteiger partial charge on any atom is 0.129 e. The quantitative estimate of drug-likeness (QED) is 0.879. The summed E-state index contributed by atoms with van der Waals surface area (Å²) < 4.78 is 20.6. The molecule has 0 bridgehead atoms. The maximum absolute atomic E-state index is 14.1. The minimum absolute atomic E-state index is 0.241. The van der Waals surface area contributed by atoms with Crippen LogP contribution in [0.1, 0.15) is 37.0 Å². The third-order valence-electron chi connectivity index (χ3n) is 3.00. The first kappa shape index (κ1) is 14.3. The van der Waals surface area contributed by atoms with Gasteiger partial charge < -0.3 is 9.73 Å². The van der Waals surface area contributed by atoms with E-state index in [4.69, 9.17) is 4.42 Å². The van der Waals surface area contributed by atoms with E-state index < -0.39 is 0 Å². The van der Waals surface area contributed by atoms with Crippen molar-refractivity contribution >= 4 is 15.9 Å². The summed E-state index contributed by atoms with van der Waals surface area (Å²) in [6, 6.07) is 8.69. The summed E-state index contributed by atoms with van der Waals surface area (Å²) in [6.45, 7) is 4.76. The zero-order valence-electron chi connectivity index (χ0n) is 11.0. The Balaban J connectivity index is 2.38. The lowest BCUT2D eigenvalue weighted by Gasteiger charge is -2.17. The molecule has 2 nitrogen and oxygen atoms in total. The highest BCUT2D eigenvalue weighted by Crippen LogP contribution is 2.28. The van der Waals surface area contributed by atoms with E-state index >= 15 is 0 Å². The van der Waals surface area contributed by atoms with Gasteiger partial charge in [0.1, 0.15) is 17.3 Å². The molecule has 0 aliphatic rings. The van der Waals surface area contributed by atoms with Gasteiger partial charge in [0.15, 0.2) is 0 Å².